The van der Waals surface area contributed by atoms with E-state index in [0.29, 0.717) is 13.0 Å². The lowest BCUT2D eigenvalue weighted by molar-refractivity contribution is -0.125. The van der Waals surface area contributed by atoms with E-state index in [1.165, 1.54) is 0 Å². The highest BCUT2D eigenvalue weighted by atomic mass is 16.5. The van der Waals surface area contributed by atoms with Crippen LogP contribution in [0.3, 0.4) is 0 Å². The van der Waals surface area contributed by atoms with Crippen molar-refractivity contribution in [1.29, 1.82) is 0 Å². The summed E-state index contributed by atoms with van der Waals surface area (Å²) in [6.45, 7) is 0.511. The molecule has 0 aliphatic carbocycles. The van der Waals surface area contributed by atoms with E-state index in [-0.39, 0.29) is 11.9 Å². The Morgan fingerprint density at radius 2 is 1.73 bits per heavy atom. The number of nitrogens with zero attached hydrogens (tertiary/aromatic N) is 2. The second kappa shape index (κ2) is 8.45. The minimum absolute atomic E-state index is 0.0204. The number of carbonyl (C=O) groups is 1. The number of amides is 1. The van der Waals surface area contributed by atoms with Crippen LogP contribution in [0.1, 0.15) is 17.3 Å². The lowest BCUT2D eigenvalue weighted by atomic mass is 10.1. The van der Waals surface area contributed by atoms with Gasteiger partial charge in [0.15, 0.2) is 5.76 Å². The van der Waals surface area contributed by atoms with E-state index < -0.39 is 0 Å². The summed E-state index contributed by atoms with van der Waals surface area (Å²) in [6, 6.07) is 21.2. The zero-order valence-electron chi connectivity index (χ0n) is 15.1. The van der Waals surface area contributed by atoms with E-state index in [2.05, 4.69) is 10.5 Å². The molecular weight excluding hydrogens is 326 g/mol. The van der Waals surface area contributed by atoms with Gasteiger partial charge in [-0.3, -0.25) is 9.69 Å². The van der Waals surface area contributed by atoms with Crippen LogP contribution in [0.25, 0.3) is 11.3 Å². The second-order valence-corrected chi connectivity index (χ2v) is 6.37. The topological polar surface area (TPSA) is 58.4 Å². The third kappa shape index (κ3) is 4.37. The summed E-state index contributed by atoms with van der Waals surface area (Å²) >= 11 is 0. The van der Waals surface area contributed by atoms with Gasteiger partial charge < -0.3 is 9.84 Å². The van der Waals surface area contributed by atoms with Gasteiger partial charge in [0, 0.05) is 24.6 Å². The molecule has 1 amide bonds. The van der Waals surface area contributed by atoms with Gasteiger partial charge in [-0.1, -0.05) is 65.8 Å². The first-order valence-electron chi connectivity index (χ1n) is 8.65. The molecule has 1 atom stereocenters. The van der Waals surface area contributed by atoms with Gasteiger partial charge in [0.2, 0.25) is 5.91 Å². The molecule has 5 heteroatoms. The normalized spacial score (nSPS) is 12.1. The van der Waals surface area contributed by atoms with Crippen LogP contribution in [0.2, 0.25) is 0 Å². The van der Waals surface area contributed by atoms with E-state index >= 15 is 0 Å². The van der Waals surface area contributed by atoms with Gasteiger partial charge in [0.05, 0.1) is 5.69 Å². The van der Waals surface area contributed by atoms with Crippen molar-refractivity contribution in [2.24, 2.45) is 0 Å². The molecule has 0 saturated carbocycles. The Bertz CT molecular complexity index is 829. The Balaban J connectivity index is 1.57. The third-order valence-corrected chi connectivity index (χ3v) is 4.18. The molecule has 0 radical (unpaired) electrons. The number of aromatic nitrogens is 1. The fourth-order valence-electron chi connectivity index (χ4n) is 2.90. The predicted octanol–water partition coefficient (Wildman–Crippen LogP) is 3.30. The molecule has 0 saturated heterocycles. The van der Waals surface area contributed by atoms with E-state index in [0.717, 1.165) is 22.6 Å². The van der Waals surface area contributed by atoms with E-state index in [9.17, 15) is 4.79 Å². The van der Waals surface area contributed by atoms with Gasteiger partial charge in [-0.15, -0.1) is 0 Å². The number of rotatable bonds is 7. The van der Waals surface area contributed by atoms with E-state index in [1.54, 1.807) is 0 Å². The molecule has 0 spiro atoms. The Kier molecular flexibility index (Phi) is 5.81. The molecule has 1 aromatic heterocycles. The Labute approximate surface area is 153 Å². The smallest absolute Gasteiger partial charge is 0.241 e. The first-order valence-corrected chi connectivity index (χ1v) is 8.65. The molecule has 2 aromatic carbocycles. The Morgan fingerprint density at radius 1 is 1.08 bits per heavy atom. The van der Waals surface area contributed by atoms with Crippen LogP contribution >= 0.6 is 0 Å². The quantitative estimate of drug-likeness (QED) is 0.711. The highest BCUT2D eigenvalue weighted by molar-refractivity contribution is 5.83. The minimum Gasteiger partial charge on any atom is -0.356 e. The van der Waals surface area contributed by atoms with Gasteiger partial charge in [0.25, 0.3) is 0 Å². The number of carbonyl (C=O) groups excluding carboxylic acids is 1. The lowest BCUT2D eigenvalue weighted by Crippen LogP contribution is -2.37. The highest BCUT2D eigenvalue weighted by Gasteiger charge is 2.22. The number of hydrogen-bond acceptors (Lipinski definition) is 4. The van der Waals surface area contributed by atoms with Gasteiger partial charge in [-0.05, 0) is 19.7 Å². The fraction of sp³-hybridized carbons (Fsp3) is 0.238. The molecule has 0 fully saturated rings. The third-order valence-electron chi connectivity index (χ3n) is 4.18. The molecule has 0 bridgehead atoms. The maximum Gasteiger partial charge on any atom is 0.241 e. The number of hydrogen-bond donors (Lipinski definition) is 1. The zero-order valence-corrected chi connectivity index (χ0v) is 15.1. The molecule has 3 rings (SSSR count). The summed E-state index contributed by atoms with van der Waals surface area (Å²) in [6.07, 6.45) is 0.622. The SMILES string of the molecule is CN(C)C(C(=O)NCCc1cc(-c2ccccc2)on1)c1ccccc1. The summed E-state index contributed by atoms with van der Waals surface area (Å²) in [7, 11) is 3.81. The summed E-state index contributed by atoms with van der Waals surface area (Å²) in [5.74, 6) is 0.718. The van der Waals surface area contributed by atoms with Crippen molar-refractivity contribution in [3.8, 4) is 11.3 Å². The second-order valence-electron chi connectivity index (χ2n) is 6.37. The van der Waals surface area contributed by atoms with Crippen molar-refractivity contribution in [2.75, 3.05) is 20.6 Å². The molecule has 3 aromatic rings. The Hall–Kier alpha value is -2.92. The highest BCUT2D eigenvalue weighted by Crippen LogP contribution is 2.20. The van der Waals surface area contributed by atoms with Gasteiger partial charge in [-0.2, -0.15) is 0 Å². The van der Waals surface area contributed by atoms with Crippen molar-refractivity contribution < 1.29 is 9.32 Å². The molecule has 134 valence electrons. The van der Waals surface area contributed by atoms with Crippen molar-refractivity contribution in [1.82, 2.24) is 15.4 Å². The standard InChI is InChI=1S/C21H23N3O2/c1-24(2)20(17-11-7-4-8-12-17)21(25)22-14-13-18-15-19(26-23-18)16-9-5-3-6-10-16/h3-12,15,20H,13-14H2,1-2H3,(H,22,25). The molecule has 1 unspecified atom stereocenters. The summed E-state index contributed by atoms with van der Waals surface area (Å²) in [4.78, 5) is 14.5. The zero-order chi connectivity index (χ0) is 18.4. The molecular formula is C21H23N3O2. The predicted molar refractivity (Wildman–Crippen MR) is 102 cm³/mol. The maximum absolute atomic E-state index is 12.6. The Morgan fingerprint density at radius 3 is 2.38 bits per heavy atom. The maximum atomic E-state index is 12.6. The lowest BCUT2D eigenvalue weighted by Gasteiger charge is -2.23. The minimum atomic E-state index is -0.312. The van der Waals surface area contributed by atoms with E-state index in [4.69, 9.17) is 4.52 Å². The van der Waals surface area contributed by atoms with Crippen LogP contribution in [-0.4, -0.2) is 36.6 Å². The first kappa shape index (κ1) is 17.9. The van der Waals surface area contributed by atoms with Crippen LogP contribution < -0.4 is 5.32 Å². The molecule has 26 heavy (non-hydrogen) atoms. The fourth-order valence-corrected chi connectivity index (χ4v) is 2.90. The summed E-state index contributed by atoms with van der Waals surface area (Å²) in [5, 5.41) is 7.09. The average Bonchev–Trinajstić information content (AvgIpc) is 3.12. The number of likely N-dealkylation sites (N-methyl/N-ethyl adjacent to an activating group) is 1. The number of nitrogens with one attached hydrogen (secondary N) is 1. The number of benzene rings is 2. The molecule has 5 nitrogen and oxygen atoms in total. The van der Waals surface area contributed by atoms with Gasteiger partial charge in [-0.25, -0.2) is 0 Å². The van der Waals surface area contributed by atoms with E-state index in [1.807, 2.05) is 85.7 Å². The molecule has 1 heterocycles. The molecule has 1 N–H and O–H groups in total. The molecule has 0 aliphatic heterocycles. The first-order chi connectivity index (χ1) is 12.6. The summed E-state index contributed by atoms with van der Waals surface area (Å²) in [5.41, 5.74) is 2.79. The average molecular weight is 349 g/mol. The van der Waals surface area contributed by atoms with Crippen LogP contribution in [0.15, 0.2) is 71.3 Å². The van der Waals surface area contributed by atoms with Gasteiger partial charge >= 0.3 is 0 Å². The van der Waals surface area contributed by atoms with Crippen molar-refractivity contribution in [3.63, 3.8) is 0 Å². The van der Waals surface area contributed by atoms with Crippen LogP contribution in [0.4, 0.5) is 0 Å². The van der Waals surface area contributed by atoms with Crippen LogP contribution in [0, 0.1) is 0 Å². The monoisotopic (exact) mass is 349 g/mol. The van der Waals surface area contributed by atoms with Gasteiger partial charge in [0.1, 0.15) is 6.04 Å². The van der Waals surface area contributed by atoms with Crippen molar-refractivity contribution in [3.05, 3.63) is 78.0 Å². The van der Waals surface area contributed by atoms with Crippen molar-refractivity contribution in [2.45, 2.75) is 12.5 Å². The van der Waals surface area contributed by atoms with Crippen LogP contribution in [0.5, 0.6) is 0 Å². The summed E-state index contributed by atoms with van der Waals surface area (Å²) < 4.78 is 5.39. The molecule has 0 aliphatic rings. The largest absolute Gasteiger partial charge is 0.356 e. The van der Waals surface area contributed by atoms with Crippen molar-refractivity contribution >= 4 is 5.91 Å². The van der Waals surface area contributed by atoms with Crippen LogP contribution in [-0.2, 0) is 11.2 Å².